The maximum Gasteiger partial charge on any atom is 0.307 e. The van der Waals surface area contributed by atoms with E-state index in [2.05, 4.69) is 0 Å². The summed E-state index contributed by atoms with van der Waals surface area (Å²) in [6, 6.07) is 0. The van der Waals surface area contributed by atoms with E-state index in [0.717, 1.165) is 0 Å². The van der Waals surface area contributed by atoms with E-state index in [1.165, 1.54) is 11.8 Å². The number of nitrogens with zero attached hydrogens (tertiary/aromatic N) is 1. The van der Waals surface area contributed by atoms with Crippen LogP contribution in [-0.4, -0.2) is 45.7 Å². The minimum Gasteiger partial charge on any atom is -0.481 e. The summed E-state index contributed by atoms with van der Waals surface area (Å²) in [5.74, 6) is -2.39. The van der Waals surface area contributed by atoms with E-state index in [-0.39, 0.29) is 5.91 Å². The van der Waals surface area contributed by atoms with E-state index in [1.807, 2.05) is 6.92 Å². The molecule has 1 rings (SSSR count). The van der Waals surface area contributed by atoms with Gasteiger partial charge in [0.15, 0.2) is 0 Å². The van der Waals surface area contributed by atoms with Crippen LogP contribution >= 0.6 is 0 Å². The molecule has 5 nitrogen and oxygen atoms in total. The van der Waals surface area contributed by atoms with Gasteiger partial charge in [-0.05, 0) is 6.42 Å². The third kappa shape index (κ3) is 2.35. The molecule has 0 aromatic carbocycles. The topological polar surface area (TPSA) is 77.8 Å². The lowest BCUT2D eigenvalue weighted by Gasteiger charge is -2.47. The summed E-state index contributed by atoms with van der Waals surface area (Å²) < 4.78 is 0. The Balaban J connectivity index is 2.52. The smallest absolute Gasteiger partial charge is 0.307 e. The average Bonchev–Trinajstić information content (AvgIpc) is 2.21. The predicted octanol–water partition coefficient (Wildman–Crippen LogP) is 0.326. The third-order valence-corrected chi connectivity index (χ3v) is 3.47. The fraction of sp³-hybridized carbons (Fsp3) is 0.818. The summed E-state index contributed by atoms with van der Waals surface area (Å²) in [5.41, 5.74) is -0.762. The summed E-state index contributed by atoms with van der Waals surface area (Å²) in [7, 11) is 0. The van der Waals surface area contributed by atoms with Crippen LogP contribution in [-0.2, 0) is 9.59 Å². The molecular weight excluding hydrogens is 210 g/mol. The second-order valence-electron chi connectivity index (χ2n) is 4.69. The van der Waals surface area contributed by atoms with Crippen LogP contribution in [0.2, 0.25) is 0 Å². The molecule has 1 fully saturated rings. The molecule has 16 heavy (non-hydrogen) atoms. The highest BCUT2D eigenvalue weighted by Crippen LogP contribution is 2.27. The molecule has 2 atom stereocenters. The standard InChI is InChI=1S/C11H19NO4/c1-4-11(16)5-12(6-11)9(13)7(2)8(3)10(14)15/h7-8,16H,4-6H2,1-3H3,(H,14,15). The van der Waals surface area contributed by atoms with Crippen molar-refractivity contribution in [3.63, 3.8) is 0 Å². The van der Waals surface area contributed by atoms with Crippen LogP contribution in [0, 0.1) is 11.8 Å². The van der Waals surface area contributed by atoms with Gasteiger partial charge in [-0.15, -0.1) is 0 Å². The van der Waals surface area contributed by atoms with Crippen molar-refractivity contribution in [1.82, 2.24) is 4.90 Å². The van der Waals surface area contributed by atoms with Gasteiger partial charge in [0.25, 0.3) is 0 Å². The van der Waals surface area contributed by atoms with Gasteiger partial charge >= 0.3 is 5.97 Å². The first kappa shape index (κ1) is 13.0. The van der Waals surface area contributed by atoms with Crippen molar-refractivity contribution in [2.45, 2.75) is 32.8 Å². The Morgan fingerprint density at radius 3 is 2.19 bits per heavy atom. The SMILES string of the molecule is CCC1(O)CN(C(=O)C(C)C(C)C(=O)O)C1. The molecule has 0 aromatic rings. The zero-order chi connectivity index (χ0) is 12.5. The summed E-state index contributed by atoms with van der Waals surface area (Å²) in [6.45, 7) is 5.64. The maximum atomic E-state index is 11.8. The molecule has 1 heterocycles. The largest absolute Gasteiger partial charge is 0.481 e. The second-order valence-corrected chi connectivity index (χ2v) is 4.69. The van der Waals surface area contributed by atoms with Crippen molar-refractivity contribution in [3.8, 4) is 0 Å². The number of carboxylic acids is 1. The number of carboxylic acid groups (broad SMARTS) is 1. The van der Waals surface area contributed by atoms with Crippen LogP contribution < -0.4 is 0 Å². The Kier molecular flexibility index (Phi) is 3.57. The van der Waals surface area contributed by atoms with Crippen LogP contribution in [0.4, 0.5) is 0 Å². The first-order valence-electron chi connectivity index (χ1n) is 5.54. The Bertz CT molecular complexity index is 296. The molecule has 5 heteroatoms. The lowest BCUT2D eigenvalue weighted by atomic mass is 9.87. The molecule has 92 valence electrons. The highest BCUT2D eigenvalue weighted by molar-refractivity contribution is 5.85. The number of aliphatic carboxylic acids is 1. The Hall–Kier alpha value is -1.10. The minimum absolute atomic E-state index is 0.187. The molecular formula is C11H19NO4. The molecule has 0 saturated carbocycles. The molecule has 0 spiro atoms. The number of hydrogen-bond acceptors (Lipinski definition) is 3. The number of hydrogen-bond donors (Lipinski definition) is 2. The van der Waals surface area contributed by atoms with E-state index in [4.69, 9.17) is 5.11 Å². The van der Waals surface area contributed by atoms with E-state index in [0.29, 0.717) is 19.5 Å². The van der Waals surface area contributed by atoms with Gasteiger partial charge < -0.3 is 15.1 Å². The molecule has 0 bridgehead atoms. The van der Waals surface area contributed by atoms with Gasteiger partial charge in [-0.3, -0.25) is 9.59 Å². The maximum absolute atomic E-state index is 11.8. The molecule has 1 amide bonds. The third-order valence-electron chi connectivity index (χ3n) is 3.47. The lowest BCUT2D eigenvalue weighted by Crippen LogP contribution is -2.64. The molecule has 0 aromatic heterocycles. The number of amides is 1. The number of carbonyl (C=O) groups excluding carboxylic acids is 1. The minimum atomic E-state index is -0.966. The highest BCUT2D eigenvalue weighted by atomic mass is 16.4. The van der Waals surface area contributed by atoms with Crippen LogP contribution in [0.15, 0.2) is 0 Å². The molecule has 0 radical (unpaired) electrons. The highest BCUT2D eigenvalue weighted by Gasteiger charge is 2.44. The zero-order valence-electron chi connectivity index (χ0n) is 9.93. The number of rotatable bonds is 4. The van der Waals surface area contributed by atoms with Crippen LogP contribution in [0.25, 0.3) is 0 Å². The predicted molar refractivity (Wildman–Crippen MR) is 57.8 cm³/mol. The van der Waals surface area contributed by atoms with E-state index >= 15 is 0 Å². The fourth-order valence-corrected chi connectivity index (χ4v) is 1.76. The van der Waals surface area contributed by atoms with Crippen molar-refractivity contribution in [2.75, 3.05) is 13.1 Å². The number of aliphatic hydroxyl groups is 1. The summed E-state index contributed by atoms with van der Waals surface area (Å²) >= 11 is 0. The van der Waals surface area contributed by atoms with E-state index in [1.54, 1.807) is 6.92 Å². The van der Waals surface area contributed by atoms with E-state index < -0.39 is 23.4 Å². The van der Waals surface area contributed by atoms with Crippen LogP contribution in [0.1, 0.15) is 27.2 Å². The van der Waals surface area contributed by atoms with Gasteiger partial charge in [-0.1, -0.05) is 20.8 Å². The van der Waals surface area contributed by atoms with Crippen LogP contribution in [0.5, 0.6) is 0 Å². The van der Waals surface area contributed by atoms with Crippen molar-refractivity contribution in [3.05, 3.63) is 0 Å². The summed E-state index contributed by atoms with van der Waals surface area (Å²) in [5, 5.41) is 18.6. The van der Waals surface area contributed by atoms with Gasteiger partial charge in [-0.2, -0.15) is 0 Å². The van der Waals surface area contributed by atoms with Gasteiger partial charge in [0.2, 0.25) is 5.91 Å². The number of likely N-dealkylation sites (tertiary alicyclic amines) is 1. The molecule has 2 unspecified atom stereocenters. The van der Waals surface area contributed by atoms with Gasteiger partial charge in [-0.25, -0.2) is 0 Å². The van der Waals surface area contributed by atoms with Crippen molar-refractivity contribution < 1.29 is 19.8 Å². The lowest BCUT2D eigenvalue weighted by molar-refractivity contribution is -0.164. The summed E-state index contributed by atoms with van der Waals surface area (Å²) in [6.07, 6.45) is 0.611. The Morgan fingerprint density at radius 1 is 1.31 bits per heavy atom. The fourth-order valence-electron chi connectivity index (χ4n) is 1.76. The van der Waals surface area contributed by atoms with Crippen LogP contribution in [0.3, 0.4) is 0 Å². The van der Waals surface area contributed by atoms with Crippen molar-refractivity contribution in [1.29, 1.82) is 0 Å². The van der Waals surface area contributed by atoms with Crippen molar-refractivity contribution in [2.24, 2.45) is 11.8 Å². The van der Waals surface area contributed by atoms with E-state index in [9.17, 15) is 14.7 Å². The van der Waals surface area contributed by atoms with Crippen molar-refractivity contribution >= 4 is 11.9 Å². The Morgan fingerprint density at radius 2 is 1.81 bits per heavy atom. The molecule has 1 aliphatic rings. The molecule has 1 aliphatic heterocycles. The molecule has 2 N–H and O–H groups in total. The molecule has 0 aliphatic carbocycles. The average molecular weight is 229 g/mol. The van der Waals surface area contributed by atoms with Gasteiger partial charge in [0.1, 0.15) is 0 Å². The summed E-state index contributed by atoms with van der Waals surface area (Å²) in [4.78, 5) is 24.1. The number of β-amino-alcohol motifs (C(OH)–C–C–N with tert-alkyl or cyclic N) is 1. The van der Waals surface area contributed by atoms with Gasteiger partial charge in [0, 0.05) is 5.92 Å². The normalized spacial score (nSPS) is 22.1. The zero-order valence-corrected chi connectivity index (χ0v) is 9.93. The quantitative estimate of drug-likeness (QED) is 0.728. The van der Waals surface area contributed by atoms with Gasteiger partial charge in [0.05, 0.1) is 24.6 Å². The second kappa shape index (κ2) is 4.41. The first-order valence-corrected chi connectivity index (χ1v) is 5.54. The molecule has 1 saturated heterocycles. The Labute approximate surface area is 95.1 Å². The first-order chi connectivity index (χ1) is 7.30. The number of carbonyl (C=O) groups is 2. The monoisotopic (exact) mass is 229 g/mol.